The smallest absolute Gasteiger partial charge is 0.428 e. The molecule has 0 saturated heterocycles. The van der Waals surface area contributed by atoms with Gasteiger partial charge in [0, 0.05) is 36.2 Å². The van der Waals surface area contributed by atoms with Crippen molar-refractivity contribution < 1.29 is 24.1 Å². The Balaban J connectivity index is 1.57. The predicted octanol–water partition coefficient (Wildman–Crippen LogP) is 5.34. The molecule has 0 fully saturated rings. The molecule has 0 spiro atoms. The highest BCUT2D eigenvalue weighted by atomic mass is 16.8. The van der Waals surface area contributed by atoms with Crippen molar-refractivity contribution in [3.8, 4) is 0 Å². The molecule has 2 aromatic heterocycles. The lowest BCUT2D eigenvalue weighted by atomic mass is 9.75. The van der Waals surface area contributed by atoms with Crippen LogP contribution in [-0.2, 0) is 21.0 Å². The molecule has 1 amide bonds. The number of pyridine rings is 1. The number of ether oxygens (including phenoxy) is 1. The number of carbonyl (C=O) groups is 2. The Morgan fingerprint density at radius 3 is 2.76 bits per heavy atom. The van der Waals surface area contributed by atoms with Crippen LogP contribution in [0.2, 0.25) is 0 Å². The molecule has 0 bridgehead atoms. The van der Waals surface area contributed by atoms with Gasteiger partial charge >= 0.3 is 6.16 Å². The number of carbonyl (C=O) groups excluding carboxylic acids is 2. The van der Waals surface area contributed by atoms with Crippen LogP contribution in [0, 0.1) is 15.5 Å². The van der Waals surface area contributed by atoms with E-state index in [0.717, 1.165) is 5.56 Å². The number of nitrogens with zero attached hydrogens (tertiary/aromatic N) is 3. The van der Waals surface area contributed by atoms with Crippen molar-refractivity contribution >= 4 is 34.5 Å². The van der Waals surface area contributed by atoms with E-state index in [2.05, 4.69) is 20.4 Å². The van der Waals surface area contributed by atoms with Crippen LogP contribution in [-0.4, -0.2) is 32.7 Å². The average molecular weight is 506 g/mol. The first-order valence-electron chi connectivity index (χ1n) is 11.8. The number of fused-ring (bicyclic) bond motifs is 1. The number of aromatic amines is 1. The number of anilines is 1. The normalized spacial score (nSPS) is 15.4. The lowest BCUT2D eigenvalue weighted by Crippen LogP contribution is -2.28. The van der Waals surface area contributed by atoms with Crippen LogP contribution < -0.4 is 5.32 Å². The quantitative estimate of drug-likeness (QED) is 0.138. The second-order valence-electron chi connectivity index (χ2n) is 9.53. The standard InChI is InChI=1S/C26H27N5O6/c1-26(2)11-8-22(31(34)35)18(15-26)14-21(30-37-25(33)36-16-17-6-4-3-5-7-17)24(32)29-20-10-13-28-23-19(20)9-12-27-23/h3-7,9-10,12-13H,8,11,14-16H2,1-2H3,(H2,27,28,29,32). The number of oxime groups is 1. The van der Waals surface area contributed by atoms with Crippen molar-refractivity contribution in [3.05, 3.63) is 81.8 Å². The molecule has 1 aromatic carbocycles. The summed E-state index contributed by atoms with van der Waals surface area (Å²) in [5.41, 5.74) is 1.94. The van der Waals surface area contributed by atoms with Gasteiger partial charge in [-0.3, -0.25) is 19.7 Å². The van der Waals surface area contributed by atoms with Gasteiger partial charge in [-0.25, -0.2) is 9.78 Å². The third-order valence-corrected chi connectivity index (χ3v) is 6.14. The van der Waals surface area contributed by atoms with Crippen LogP contribution in [0.4, 0.5) is 10.5 Å². The zero-order valence-corrected chi connectivity index (χ0v) is 20.5. The Morgan fingerprint density at radius 1 is 1.22 bits per heavy atom. The highest BCUT2D eigenvalue weighted by Crippen LogP contribution is 2.40. The number of hydrogen-bond acceptors (Lipinski definition) is 8. The first-order valence-corrected chi connectivity index (χ1v) is 11.8. The van der Waals surface area contributed by atoms with Gasteiger partial charge in [0.1, 0.15) is 18.0 Å². The van der Waals surface area contributed by atoms with E-state index >= 15 is 0 Å². The molecular formula is C26H27N5O6. The molecule has 2 N–H and O–H groups in total. The first-order chi connectivity index (χ1) is 17.7. The average Bonchev–Trinajstić information content (AvgIpc) is 3.35. The Morgan fingerprint density at radius 2 is 2.00 bits per heavy atom. The van der Waals surface area contributed by atoms with Gasteiger partial charge in [0.15, 0.2) is 0 Å². The lowest BCUT2D eigenvalue weighted by Gasteiger charge is -2.29. The fraction of sp³-hybridized carbons (Fsp3) is 0.308. The predicted molar refractivity (Wildman–Crippen MR) is 136 cm³/mol. The summed E-state index contributed by atoms with van der Waals surface area (Å²) in [6.07, 6.45) is 3.30. The summed E-state index contributed by atoms with van der Waals surface area (Å²) in [5, 5.41) is 18.9. The minimum Gasteiger partial charge on any atom is -0.428 e. The number of nitro groups is 1. The fourth-order valence-electron chi connectivity index (χ4n) is 4.24. The molecule has 3 aromatic rings. The Labute approximate surface area is 212 Å². The van der Waals surface area contributed by atoms with Gasteiger partial charge in [0.05, 0.1) is 10.6 Å². The van der Waals surface area contributed by atoms with E-state index in [0.29, 0.717) is 35.1 Å². The summed E-state index contributed by atoms with van der Waals surface area (Å²) >= 11 is 0. The molecule has 1 aliphatic rings. The second kappa shape index (κ2) is 11.0. The summed E-state index contributed by atoms with van der Waals surface area (Å²) in [7, 11) is 0. The summed E-state index contributed by atoms with van der Waals surface area (Å²) in [5.74, 6) is -0.664. The maximum atomic E-state index is 13.3. The van der Waals surface area contributed by atoms with Gasteiger partial charge in [-0.2, -0.15) is 0 Å². The fourth-order valence-corrected chi connectivity index (χ4v) is 4.24. The molecule has 0 radical (unpaired) electrons. The number of nitrogens with one attached hydrogen (secondary N) is 2. The molecule has 0 saturated carbocycles. The van der Waals surface area contributed by atoms with Gasteiger partial charge in [-0.1, -0.05) is 49.3 Å². The van der Waals surface area contributed by atoms with Crippen LogP contribution in [0.1, 0.15) is 45.1 Å². The van der Waals surface area contributed by atoms with Gasteiger partial charge in [-0.15, -0.1) is 0 Å². The van der Waals surface area contributed by atoms with Crippen LogP contribution in [0.3, 0.4) is 0 Å². The Bertz CT molecular complexity index is 1380. The lowest BCUT2D eigenvalue weighted by molar-refractivity contribution is -0.430. The third-order valence-electron chi connectivity index (χ3n) is 6.14. The highest BCUT2D eigenvalue weighted by Gasteiger charge is 2.34. The van der Waals surface area contributed by atoms with E-state index in [-0.39, 0.29) is 36.3 Å². The summed E-state index contributed by atoms with van der Waals surface area (Å²) in [6.45, 7) is 3.99. The maximum Gasteiger partial charge on any atom is 0.535 e. The van der Waals surface area contributed by atoms with Crippen molar-refractivity contribution in [1.29, 1.82) is 0 Å². The van der Waals surface area contributed by atoms with E-state index in [1.165, 1.54) is 6.20 Å². The third kappa shape index (κ3) is 6.57. The number of rotatable bonds is 8. The van der Waals surface area contributed by atoms with Gasteiger partial charge < -0.3 is 15.0 Å². The van der Waals surface area contributed by atoms with Gasteiger partial charge in [0.2, 0.25) is 5.70 Å². The van der Waals surface area contributed by atoms with E-state index in [9.17, 15) is 19.7 Å². The maximum absolute atomic E-state index is 13.3. The molecule has 192 valence electrons. The van der Waals surface area contributed by atoms with Crippen molar-refractivity contribution in [2.75, 3.05) is 5.32 Å². The SMILES string of the molecule is CC1(C)CCC([N+](=O)[O-])=C(CC(=NOC(=O)OCc2ccccc2)C(=O)Nc2ccnc3[nH]ccc23)C1. The molecule has 0 atom stereocenters. The van der Waals surface area contributed by atoms with Gasteiger partial charge in [0.25, 0.3) is 5.91 Å². The van der Waals surface area contributed by atoms with E-state index in [1.807, 2.05) is 19.9 Å². The van der Waals surface area contributed by atoms with Crippen LogP contribution >= 0.6 is 0 Å². The molecule has 4 rings (SSSR count). The molecule has 11 heteroatoms. The largest absolute Gasteiger partial charge is 0.535 e. The van der Waals surface area contributed by atoms with Crippen LogP contribution in [0.25, 0.3) is 11.0 Å². The molecule has 0 unspecified atom stereocenters. The first kappa shape index (κ1) is 25.5. The number of H-pyrrole nitrogens is 1. The molecule has 1 aliphatic carbocycles. The van der Waals surface area contributed by atoms with E-state index in [4.69, 9.17) is 9.57 Å². The van der Waals surface area contributed by atoms with Crippen molar-refractivity contribution in [1.82, 2.24) is 9.97 Å². The monoisotopic (exact) mass is 505 g/mol. The number of hydrogen-bond donors (Lipinski definition) is 2. The van der Waals surface area contributed by atoms with Crippen molar-refractivity contribution in [3.63, 3.8) is 0 Å². The number of aromatic nitrogens is 2. The molecule has 37 heavy (non-hydrogen) atoms. The number of amides is 1. The minimum absolute atomic E-state index is 0.0377. The van der Waals surface area contributed by atoms with Crippen LogP contribution in [0.5, 0.6) is 0 Å². The van der Waals surface area contributed by atoms with Crippen LogP contribution in [0.15, 0.2) is 71.3 Å². The Hall–Kier alpha value is -4.54. The Kier molecular flexibility index (Phi) is 7.61. The highest BCUT2D eigenvalue weighted by molar-refractivity contribution is 6.43. The number of benzene rings is 1. The summed E-state index contributed by atoms with van der Waals surface area (Å²) in [6, 6.07) is 12.4. The molecule has 2 heterocycles. The zero-order valence-electron chi connectivity index (χ0n) is 20.5. The van der Waals surface area contributed by atoms with E-state index in [1.54, 1.807) is 42.6 Å². The summed E-state index contributed by atoms with van der Waals surface area (Å²) < 4.78 is 5.07. The topological polar surface area (TPSA) is 149 Å². The second-order valence-corrected chi connectivity index (χ2v) is 9.53. The molecule has 0 aliphatic heterocycles. The molecular weight excluding hydrogens is 478 g/mol. The summed E-state index contributed by atoms with van der Waals surface area (Å²) in [4.78, 5) is 48.8. The number of allylic oxidation sites excluding steroid dienone is 2. The van der Waals surface area contributed by atoms with E-state index < -0.39 is 17.0 Å². The minimum atomic E-state index is -1.10. The zero-order chi connectivity index (χ0) is 26.4. The van der Waals surface area contributed by atoms with Crippen molar-refractivity contribution in [2.45, 2.75) is 46.1 Å². The van der Waals surface area contributed by atoms with Gasteiger partial charge in [-0.05, 0) is 36.0 Å². The molecule has 11 nitrogen and oxygen atoms in total. The van der Waals surface area contributed by atoms with Crippen molar-refractivity contribution in [2.24, 2.45) is 10.6 Å².